The predicted molar refractivity (Wildman–Crippen MR) is 373 cm³/mol. The molecule has 0 spiro atoms. The lowest BCUT2D eigenvalue weighted by atomic mass is 9.33. The molecule has 2 aromatic heterocycles. The molecule has 2 aliphatic rings. The quantitative estimate of drug-likeness (QED) is 0.149. The number of nitrogens with zero attached hydrogens (tertiary/aromatic N) is 4. The average molecular weight is 1130 g/mol. The van der Waals surface area contributed by atoms with Crippen LogP contribution >= 0.6 is 0 Å². The van der Waals surface area contributed by atoms with E-state index in [0.717, 1.165) is 72.8 Å². The molecule has 0 saturated heterocycles. The van der Waals surface area contributed by atoms with Crippen LogP contribution in [-0.4, -0.2) is 11.3 Å². The summed E-state index contributed by atoms with van der Waals surface area (Å²) in [6.07, 6.45) is 0. The van der Waals surface area contributed by atoms with Gasteiger partial charge in [-0.05, 0) is 195 Å². The van der Waals surface area contributed by atoms with Gasteiger partial charge in [-0.2, -0.15) is 0 Å². The van der Waals surface area contributed by atoms with Crippen LogP contribution in [0.3, 0.4) is 0 Å². The summed E-state index contributed by atoms with van der Waals surface area (Å²) in [5.74, 6) is 0. The zero-order chi connectivity index (χ0) is 60.0. The van der Waals surface area contributed by atoms with E-state index in [1.807, 2.05) is 0 Å². The van der Waals surface area contributed by atoms with Crippen LogP contribution in [-0.2, 0) is 16.2 Å². The smallest absolute Gasteiger partial charge is 0.252 e. The minimum atomic E-state index is -0.0951. The van der Waals surface area contributed by atoms with E-state index in [-0.39, 0.29) is 23.0 Å². The van der Waals surface area contributed by atoms with Gasteiger partial charge in [0.15, 0.2) is 0 Å². The van der Waals surface area contributed by atoms with E-state index in [0.29, 0.717) is 0 Å². The highest BCUT2D eigenvalue weighted by molar-refractivity contribution is 7.00. The van der Waals surface area contributed by atoms with E-state index in [9.17, 15) is 0 Å². The molecule has 87 heavy (non-hydrogen) atoms. The van der Waals surface area contributed by atoms with Gasteiger partial charge in [-0.15, -0.1) is 0 Å². The molecule has 0 fully saturated rings. The van der Waals surface area contributed by atoms with E-state index in [4.69, 9.17) is 4.42 Å². The van der Waals surface area contributed by atoms with Gasteiger partial charge in [0, 0.05) is 84.0 Å². The Kier molecular flexibility index (Phi) is 12.3. The van der Waals surface area contributed by atoms with E-state index < -0.39 is 0 Å². The maximum atomic E-state index is 6.69. The van der Waals surface area contributed by atoms with Gasteiger partial charge in [0.1, 0.15) is 11.2 Å². The van der Waals surface area contributed by atoms with Crippen molar-refractivity contribution in [3.63, 3.8) is 0 Å². The third-order valence-electron chi connectivity index (χ3n) is 18.7. The standard InChI is InChI=1S/C81H73BN4O/c1-50-43-73-77-74(44-50)86(61-45-51(2)76(52(3)46-61)66-26-20-25-65-64-24-17-19-28-75(64)87-78(65)66)71-47-55(81(10,11)12)33-41-67(71)82(77)68-42-39-60(49-72(68)85(73)58-36-31-54(32-37-58)80(7,8)9)83(57-34-29-53(30-35-57)79(4,5)6)59-38-40-63-62-23-16-18-27-69(62)84(70(63)48-59)56-21-14-13-15-22-56/h13-49H,1-12H3. The second-order valence-electron chi connectivity index (χ2n) is 27.6. The first kappa shape index (κ1) is 54.2. The van der Waals surface area contributed by atoms with Gasteiger partial charge in [-0.1, -0.05) is 184 Å². The Labute approximate surface area is 512 Å². The first-order valence-corrected chi connectivity index (χ1v) is 30.9. The molecular weight excluding hydrogens is 1060 g/mol. The molecule has 0 radical (unpaired) electrons. The normalized spacial score (nSPS) is 13.2. The summed E-state index contributed by atoms with van der Waals surface area (Å²) in [6.45, 7) is 27.6. The van der Waals surface area contributed by atoms with Crippen molar-refractivity contribution >= 4 is 118 Å². The maximum Gasteiger partial charge on any atom is 0.252 e. The van der Waals surface area contributed by atoms with Crippen LogP contribution in [0.4, 0.5) is 51.2 Å². The maximum absolute atomic E-state index is 6.69. The molecule has 0 saturated carbocycles. The molecule has 0 aliphatic carbocycles. The van der Waals surface area contributed by atoms with Crippen molar-refractivity contribution in [1.82, 2.24) is 4.57 Å². The lowest BCUT2D eigenvalue weighted by molar-refractivity contribution is 0.590. The van der Waals surface area contributed by atoms with Crippen molar-refractivity contribution in [3.05, 3.63) is 258 Å². The summed E-state index contributed by atoms with van der Waals surface area (Å²) in [5.41, 5.74) is 29.2. The minimum Gasteiger partial charge on any atom is -0.455 e. The lowest BCUT2D eigenvalue weighted by Gasteiger charge is -2.45. The molecule has 0 atom stereocenters. The van der Waals surface area contributed by atoms with Crippen LogP contribution < -0.4 is 31.1 Å². The highest BCUT2D eigenvalue weighted by Gasteiger charge is 2.44. The van der Waals surface area contributed by atoms with Gasteiger partial charge in [0.05, 0.1) is 11.0 Å². The summed E-state index contributed by atoms with van der Waals surface area (Å²) in [4.78, 5) is 7.64. The molecule has 6 heteroatoms. The van der Waals surface area contributed by atoms with Crippen molar-refractivity contribution in [3.8, 4) is 16.8 Å². The number of aromatic nitrogens is 1. The molecule has 0 unspecified atom stereocenters. The summed E-state index contributed by atoms with van der Waals surface area (Å²) < 4.78 is 9.12. The summed E-state index contributed by atoms with van der Waals surface area (Å²) in [7, 11) is 0. The summed E-state index contributed by atoms with van der Waals surface area (Å²) >= 11 is 0. The third-order valence-corrected chi connectivity index (χ3v) is 18.7. The molecule has 2 aliphatic heterocycles. The third kappa shape index (κ3) is 8.81. The number of anilines is 9. The number of hydrogen-bond acceptors (Lipinski definition) is 4. The molecule has 4 heterocycles. The van der Waals surface area contributed by atoms with Crippen LogP contribution in [0.25, 0.3) is 60.6 Å². The van der Waals surface area contributed by atoms with Gasteiger partial charge < -0.3 is 23.7 Å². The fourth-order valence-electron chi connectivity index (χ4n) is 14.3. The summed E-state index contributed by atoms with van der Waals surface area (Å²) in [5, 5.41) is 4.74. The molecule has 0 N–H and O–H groups in total. The molecular formula is C81H73BN4O. The van der Waals surface area contributed by atoms with Crippen molar-refractivity contribution < 1.29 is 4.42 Å². The zero-order valence-corrected chi connectivity index (χ0v) is 52.1. The minimum absolute atomic E-state index is 0.00977. The predicted octanol–water partition coefficient (Wildman–Crippen LogP) is 20.7. The van der Waals surface area contributed by atoms with Crippen LogP contribution in [0, 0.1) is 20.8 Å². The highest BCUT2D eigenvalue weighted by atomic mass is 16.3. The van der Waals surface area contributed by atoms with Gasteiger partial charge in [0.25, 0.3) is 6.71 Å². The number of fused-ring (bicyclic) bond motifs is 10. The highest BCUT2D eigenvalue weighted by Crippen LogP contribution is 2.50. The molecule has 426 valence electrons. The zero-order valence-electron chi connectivity index (χ0n) is 52.1. The Bertz CT molecular complexity index is 4890. The fourth-order valence-corrected chi connectivity index (χ4v) is 14.3. The van der Waals surface area contributed by atoms with Crippen LogP contribution in [0.2, 0.25) is 0 Å². The molecule has 0 bridgehead atoms. The van der Waals surface area contributed by atoms with Crippen molar-refractivity contribution in [2.24, 2.45) is 0 Å². The second kappa shape index (κ2) is 19.8. The Balaban J connectivity index is 0.964. The molecule has 15 rings (SSSR count). The van der Waals surface area contributed by atoms with Crippen molar-refractivity contribution in [1.29, 1.82) is 0 Å². The second-order valence-corrected chi connectivity index (χ2v) is 27.6. The Morgan fingerprint density at radius 2 is 0.908 bits per heavy atom. The molecule has 5 nitrogen and oxygen atoms in total. The number of aryl methyl sites for hydroxylation is 3. The Morgan fingerprint density at radius 1 is 0.379 bits per heavy atom. The largest absolute Gasteiger partial charge is 0.455 e. The lowest BCUT2D eigenvalue weighted by Crippen LogP contribution is -2.61. The number of furan rings is 1. The van der Waals surface area contributed by atoms with Crippen molar-refractivity contribution in [2.75, 3.05) is 14.7 Å². The SMILES string of the molecule is Cc1cc2c3c(c1)N(c1cc(C)c(-c4cccc5c4oc4ccccc45)c(C)c1)c1cc(C(C)(C)C)ccc1B3c1ccc(N(c3ccc(C(C)(C)C)cc3)c3ccc4c5ccccc5n(-c5ccccc5)c4c3)cc1N2c1ccc(C(C)(C)C)cc1. The molecule has 11 aromatic carbocycles. The first-order chi connectivity index (χ1) is 41.8. The van der Waals surface area contributed by atoms with Crippen LogP contribution in [0.1, 0.15) is 95.7 Å². The van der Waals surface area contributed by atoms with Gasteiger partial charge in [-0.25, -0.2) is 0 Å². The van der Waals surface area contributed by atoms with E-state index in [2.05, 4.69) is 327 Å². The van der Waals surface area contributed by atoms with Crippen LogP contribution in [0.5, 0.6) is 0 Å². The van der Waals surface area contributed by atoms with E-state index >= 15 is 0 Å². The van der Waals surface area contributed by atoms with Gasteiger partial charge in [-0.3, -0.25) is 0 Å². The van der Waals surface area contributed by atoms with Crippen molar-refractivity contribution in [2.45, 2.75) is 99.3 Å². The van der Waals surface area contributed by atoms with E-state index in [1.54, 1.807) is 0 Å². The van der Waals surface area contributed by atoms with Gasteiger partial charge in [0.2, 0.25) is 0 Å². The Morgan fingerprint density at radius 3 is 1.59 bits per heavy atom. The van der Waals surface area contributed by atoms with Gasteiger partial charge >= 0.3 is 0 Å². The summed E-state index contributed by atoms with van der Waals surface area (Å²) in [6, 6.07) is 84.7. The average Bonchev–Trinajstić information content (AvgIpc) is 1.18. The molecule has 0 amide bonds. The number of hydrogen-bond donors (Lipinski definition) is 0. The van der Waals surface area contributed by atoms with E-state index in [1.165, 1.54) is 88.7 Å². The molecule has 13 aromatic rings. The number of benzene rings is 11. The first-order valence-electron chi connectivity index (χ1n) is 30.9. The van der Waals surface area contributed by atoms with Crippen LogP contribution in [0.15, 0.2) is 229 Å². The topological polar surface area (TPSA) is 27.8 Å². The number of para-hydroxylation sites is 4. The monoisotopic (exact) mass is 1130 g/mol. The fraction of sp³-hybridized carbons (Fsp3) is 0.185. The number of rotatable bonds is 7. The Hall–Kier alpha value is -9.52.